The van der Waals surface area contributed by atoms with Gasteiger partial charge in [-0.25, -0.2) is 0 Å². The number of carbonyl (C=O) groups is 1. The lowest BCUT2D eigenvalue weighted by atomic mass is 10.0. The van der Waals surface area contributed by atoms with Gasteiger partial charge in [0.25, 0.3) is 11.6 Å². The number of hydrogen-bond donors (Lipinski definition) is 0. The zero-order valence-electron chi connectivity index (χ0n) is 15.4. The standard InChI is InChI=1S/C20H22ClN3O3/c1-14-6-5-8-17(19(14)24(26)27)20(25)23-12-10-22(11-13-23)15(2)16-7-3-4-9-18(16)21/h3-9,15H,10-13H2,1-2H3. The molecule has 1 saturated heterocycles. The number of nitro groups is 1. The van der Waals surface area contributed by atoms with Gasteiger partial charge < -0.3 is 4.90 Å². The summed E-state index contributed by atoms with van der Waals surface area (Å²) in [6.07, 6.45) is 0. The van der Waals surface area contributed by atoms with Crippen LogP contribution in [0.4, 0.5) is 5.69 Å². The van der Waals surface area contributed by atoms with Crippen molar-refractivity contribution in [1.82, 2.24) is 9.80 Å². The molecule has 2 aromatic carbocycles. The first kappa shape index (κ1) is 19.3. The third-order valence-electron chi connectivity index (χ3n) is 5.16. The van der Waals surface area contributed by atoms with Crippen molar-refractivity contribution >= 4 is 23.2 Å². The summed E-state index contributed by atoms with van der Waals surface area (Å²) in [6.45, 7) is 6.19. The predicted molar refractivity (Wildman–Crippen MR) is 105 cm³/mol. The second-order valence-electron chi connectivity index (χ2n) is 6.75. The smallest absolute Gasteiger partial charge is 0.285 e. The number of nitrogens with zero attached hydrogens (tertiary/aromatic N) is 3. The summed E-state index contributed by atoms with van der Waals surface area (Å²) >= 11 is 6.30. The minimum absolute atomic E-state index is 0.102. The third kappa shape index (κ3) is 3.96. The molecule has 0 saturated carbocycles. The first-order chi connectivity index (χ1) is 12.9. The van der Waals surface area contributed by atoms with Gasteiger partial charge in [0.05, 0.1) is 4.92 Å². The molecule has 0 radical (unpaired) electrons. The normalized spacial score (nSPS) is 16.2. The molecule has 1 atom stereocenters. The Labute approximate surface area is 163 Å². The van der Waals surface area contributed by atoms with Gasteiger partial charge in [0.2, 0.25) is 0 Å². The Hall–Kier alpha value is -2.44. The molecule has 1 fully saturated rings. The molecule has 6 nitrogen and oxygen atoms in total. The van der Waals surface area contributed by atoms with Gasteiger partial charge in [-0.05, 0) is 31.5 Å². The van der Waals surface area contributed by atoms with Crippen molar-refractivity contribution in [2.24, 2.45) is 0 Å². The molecular weight excluding hydrogens is 366 g/mol. The van der Waals surface area contributed by atoms with Crippen LogP contribution in [0, 0.1) is 17.0 Å². The SMILES string of the molecule is Cc1cccc(C(=O)N2CCN(C(C)c3ccccc3Cl)CC2)c1[N+](=O)[O-]. The van der Waals surface area contributed by atoms with Crippen LogP contribution in [0.25, 0.3) is 0 Å². The zero-order chi connectivity index (χ0) is 19.6. The van der Waals surface area contributed by atoms with Gasteiger partial charge in [0.1, 0.15) is 5.56 Å². The topological polar surface area (TPSA) is 66.7 Å². The number of rotatable bonds is 4. The van der Waals surface area contributed by atoms with Gasteiger partial charge in [-0.3, -0.25) is 19.8 Å². The zero-order valence-corrected chi connectivity index (χ0v) is 16.1. The van der Waals surface area contributed by atoms with Crippen molar-refractivity contribution < 1.29 is 9.72 Å². The summed E-state index contributed by atoms with van der Waals surface area (Å²) in [7, 11) is 0. The lowest BCUT2D eigenvalue weighted by Crippen LogP contribution is -2.49. The molecule has 0 aliphatic carbocycles. The molecule has 3 rings (SSSR count). The molecular formula is C20H22ClN3O3. The Kier molecular flexibility index (Phi) is 5.77. The van der Waals surface area contributed by atoms with Gasteiger partial charge in [0, 0.05) is 42.8 Å². The Bertz CT molecular complexity index is 863. The maximum absolute atomic E-state index is 12.9. The molecule has 1 unspecified atom stereocenters. The van der Waals surface area contributed by atoms with E-state index in [4.69, 9.17) is 11.6 Å². The molecule has 1 aliphatic heterocycles. The minimum atomic E-state index is -0.474. The number of nitro benzene ring substituents is 1. The summed E-state index contributed by atoms with van der Waals surface area (Å²) in [5.41, 5.74) is 1.62. The summed E-state index contributed by atoms with van der Waals surface area (Å²) in [5, 5.41) is 12.1. The molecule has 1 heterocycles. The van der Waals surface area contributed by atoms with Crippen LogP contribution in [-0.4, -0.2) is 46.8 Å². The minimum Gasteiger partial charge on any atom is -0.336 e. The highest BCUT2D eigenvalue weighted by atomic mass is 35.5. The third-order valence-corrected chi connectivity index (χ3v) is 5.50. The molecule has 0 bridgehead atoms. The summed E-state index contributed by atoms with van der Waals surface area (Å²) < 4.78 is 0. The van der Waals surface area contributed by atoms with Crippen LogP contribution in [0.2, 0.25) is 5.02 Å². The van der Waals surface area contributed by atoms with Crippen LogP contribution in [0.5, 0.6) is 0 Å². The van der Waals surface area contributed by atoms with E-state index >= 15 is 0 Å². The van der Waals surface area contributed by atoms with Crippen LogP contribution >= 0.6 is 11.6 Å². The Morgan fingerprint density at radius 2 is 1.78 bits per heavy atom. The first-order valence-electron chi connectivity index (χ1n) is 8.92. The van der Waals surface area contributed by atoms with Gasteiger partial charge in [0.15, 0.2) is 0 Å². The van der Waals surface area contributed by atoms with Gasteiger partial charge >= 0.3 is 0 Å². The first-order valence-corrected chi connectivity index (χ1v) is 9.29. The fraction of sp³-hybridized carbons (Fsp3) is 0.350. The molecule has 1 amide bonds. The number of amides is 1. The maximum atomic E-state index is 12.9. The summed E-state index contributed by atoms with van der Waals surface area (Å²) in [4.78, 5) is 27.7. The second kappa shape index (κ2) is 8.06. The number of aryl methyl sites for hydroxylation is 1. The predicted octanol–water partition coefficient (Wildman–Crippen LogP) is 4.08. The van der Waals surface area contributed by atoms with E-state index in [1.807, 2.05) is 24.3 Å². The largest absolute Gasteiger partial charge is 0.336 e. The van der Waals surface area contributed by atoms with Crippen molar-refractivity contribution in [2.75, 3.05) is 26.2 Å². The van der Waals surface area contributed by atoms with E-state index in [2.05, 4.69) is 11.8 Å². The van der Waals surface area contributed by atoms with Gasteiger partial charge in [-0.1, -0.05) is 41.9 Å². The highest BCUT2D eigenvalue weighted by molar-refractivity contribution is 6.31. The lowest BCUT2D eigenvalue weighted by molar-refractivity contribution is -0.385. The Morgan fingerprint density at radius 1 is 1.11 bits per heavy atom. The maximum Gasteiger partial charge on any atom is 0.285 e. The summed E-state index contributed by atoms with van der Waals surface area (Å²) in [5.74, 6) is -0.282. The van der Waals surface area contributed by atoms with Crippen molar-refractivity contribution in [3.63, 3.8) is 0 Å². The number of halogens is 1. The van der Waals surface area contributed by atoms with Crippen molar-refractivity contribution in [3.8, 4) is 0 Å². The van der Waals surface area contributed by atoms with Crippen molar-refractivity contribution in [2.45, 2.75) is 19.9 Å². The highest BCUT2D eigenvalue weighted by Gasteiger charge is 2.30. The van der Waals surface area contributed by atoms with Crippen LogP contribution < -0.4 is 0 Å². The van der Waals surface area contributed by atoms with Gasteiger partial charge in [-0.15, -0.1) is 0 Å². The number of carbonyl (C=O) groups excluding carboxylic acids is 1. The molecule has 142 valence electrons. The van der Waals surface area contributed by atoms with Crippen molar-refractivity contribution in [3.05, 3.63) is 74.3 Å². The van der Waals surface area contributed by atoms with E-state index in [1.54, 1.807) is 24.0 Å². The van der Waals surface area contributed by atoms with Crippen LogP contribution in [0.15, 0.2) is 42.5 Å². The molecule has 2 aromatic rings. The summed E-state index contributed by atoms with van der Waals surface area (Å²) in [6, 6.07) is 12.8. The van der Waals surface area contributed by atoms with E-state index in [0.29, 0.717) is 31.7 Å². The van der Waals surface area contributed by atoms with Crippen LogP contribution in [0.1, 0.15) is 34.5 Å². The van der Waals surface area contributed by atoms with E-state index in [9.17, 15) is 14.9 Å². The Morgan fingerprint density at radius 3 is 2.41 bits per heavy atom. The number of hydrogen-bond acceptors (Lipinski definition) is 4. The molecule has 0 aromatic heterocycles. The fourth-order valence-electron chi connectivity index (χ4n) is 3.57. The quantitative estimate of drug-likeness (QED) is 0.585. The fourth-order valence-corrected chi connectivity index (χ4v) is 3.86. The van der Waals surface area contributed by atoms with Crippen molar-refractivity contribution in [1.29, 1.82) is 0 Å². The molecule has 1 aliphatic rings. The molecule has 0 N–H and O–H groups in total. The second-order valence-corrected chi connectivity index (χ2v) is 7.16. The average Bonchev–Trinajstić information content (AvgIpc) is 2.67. The monoisotopic (exact) mass is 387 g/mol. The van der Waals surface area contributed by atoms with E-state index in [0.717, 1.165) is 10.6 Å². The van der Waals surface area contributed by atoms with Crippen LogP contribution in [-0.2, 0) is 0 Å². The Balaban J connectivity index is 1.71. The molecule has 27 heavy (non-hydrogen) atoms. The number of benzene rings is 2. The molecule has 0 spiro atoms. The highest BCUT2D eigenvalue weighted by Crippen LogP contribution is 2.29. The van der Waals surface area contributed by atoms with E-state index in [-0.39, 0.29) is 23.2 Å². The number of piperazine rings is 1. The lowest BCUT2D eigenvalue weighted by Gasteiger charge is -2.38. The average molecular weight is 388 g/mol. The van der Waals surface area contributed by atoms with Gasteiger partial charge in [-0.2, -0.15) is 0 Å². The van der Waals surface area contributed by atoms with E-state index < -0.39 is 4.92 Å². The van der Waals surface area contributed by atoms with E-state index in [1.165, 1.54) is 6.07 Å². The number of para-hydroxylation sites is 1. The molecule has 7 heteroatoms. The van der Waals surface area contributed by atoms with Crippen LogP contribution in [0.3, 0.4) is 0 Å².